The number of rotatable bonds is 4. The molecule has 0 amide bonds. The number of nitrogens with two attached hydrogens (primary N) is 1. The zero-order valence-electron chi connectivity index (χ0n) is 12.9. The van der Waals surface area contributed by atoms with E-state index in [1.54, 1.807) is 0 Å². The molecule has 0 aliphatic carbocycles. The number of aliphatic hydroxyl groups excluding tert-OH is 1. The van der Waals surface area contributed by atoms with Crippen LogP contribution >= 0.6 is 0 Å². The van der Waals surface area contributed by atoms with Crippen molar-refractivity contribution in [1.82, 2.24) is 9.97 Å². The molecule has 11 heteroatoms. The summed E-state index contributed by atoms with van der Waals surface area (Å²) in [6, 6.07) is -0.411. The molecule has 3 rings (SSSR count). The lowest BCUT2D eigenvalue weighted by Crippen LogP contribution is -2.36. The Bertz CT molecular complexity index is 646. The number of aliphatic hydroxyl groups is 1. The summed E-state index contributed by atoms with van der Waals surface area (Å²) >= 11 is 0. The largest absolute Gasteiger partial charge is 0.394 e. The summed E-state index contributed by atoms with van der Waals surface area (Å²) in [5.74, 6) is 1.51. The van der Waals surface area contributed by atoms with Crippen molar-refractivity contribution in [2.45, 2.75) is 24.8 Å². The number of nitrogens with one attached hydrogen (secondary N) is 1. The number of hydrogen-bond acceptors (Lipinski definition) is 9. The van der Waals surface area contributed by atoms with Crippen molar-refractivity contribution >= 4 is 23.3 Å². The first-order valence-electron chi connectivity index (χ1n) is 7.21. The Labute approximate surface area is 132 Å². The van der Waals surface area contributed by atoms with Gasteiger partial charge in [-0.2, -0.15) is 9.97 Å². The second-order valence-electron chi connectivity index (χ2n) is 5.62. The minimum atomic E-state index is -0.521. The Morgan fingerprint density at radius 3 is 3.00 bits per heavy atom. The van der Waals surface area contributed by atoms with Gasteiger partial charge >= 0.3 is 0 Å². The van der Waals surface area contributed by atoms with Gasteiger partial charge in [0.2, 0.25) is 5.95 Å². The monoisotopic (exact) mass is 321 g/mol. The Morgan fingerprint density at radius 1 is 1.57 bits per heavy atom. The zero-order valence-corrected chi connectivity index (χ0v) is 12.9. The molecule has 1 aromatic heterocycles. The summed E-state index contributed by atoms with van der Waals surface area (Å²) in [7, 11) is 3.75. The molecule has 0 saturated carbocycles. The molecule has 2 aliphatic heterocycles. The van der Waals surface area contributed by atoms with Crippen molar-refractivity contribution in [3.05, 3.63) is 10.4 Å². The number of nitrogens with zero attached hydrogens (tertiary/aromatic N) is 7. The number of anilines is 4. The van der Waals surface area contributed by atoms with Crippen LogP contribution in [0.5, 0.6) is 0 Å². The quantitative estimate of drug-likeness (QED) is 0.401. The highest BCUT2D eigenvalue weighted by Gasteiger charge is 2.41. The van der Waals surface area contributed by atoms with Gasteiger partial charge < -0.3 is 30.7 Å². The first-order chi connectivity index (χ1) is 11.0. The zero-order chi connectivity index (χ0) is 16.6. The van der Waals surface area contributed by atoms with Crippen molar-refractivity contribution in [2.24, 2.45) is 5.11 Å². The molecule has 124 valence electrons. The molecule has 0 aromatic carbocycles. The molecule has 1 saturated heterocycles. The van der Waals surface area contributed by atoms with E-state index in [2.05, 4.69) is 25.3 Å². The number of ether oxygens (including phenoxy) is 1. The fourth-order valence-corrected chi connectivity index (χ4v) is 2.88. The second kappa shape index (κ2) is 5.95. The van der Waals surface area contributed by atoms with E-state index in [1.165, 1.54) is 0 Å². The van der Waals surface area contributed by atoms with Crippen molar-refractivity contribution < 1.29 is 9.84 Å². The van der Waals surface area contributed by atoms with Crippen LogP contribution in [0.2, 0.25) is 0 Å². The lowest BCUT2D eigenvalue weighted by molar-refractivity contribution is 0.00773. The predicted octanol–water partition coefficient (Wildman–Crippen LogP) is 0.100. The number of aromatic nitrogens is 2. The molecule has 1 fully saturated rings. The molecule has 3 unspecified atom stereocenters. The lowest BCUT2D eigenvalue weighted by Gasteiger charge is -2.25. The Morgan fingerprint density at radius 2 is 2.35 bits per heavy atom. The third-order valence-corrected chi connectivity index (χ3v) is 3.94. The van der Waals surface area contributed by atoms with Crippen LogP contribution in [0, 0.1) is 0 Å². The first-order valence-corrected chi connectivity index (χ1v) is 7.21. The van der Waals surface area contributed by atoms with Crippen molar-refractivity contribution in [3.63, 3.8) is 0 Å². The molecule has 0 spiro atoms. The molecule has 11 nitrogen and oxygen atoms in total. The summed E-state index contributed by atoms with van der Waals surface area (Å²) in [6.45, 7) is 0.267. The SMILES string of the molecule is CN(C)c1nc(N)nc2c1NCN2C1CC(N=[N+]=[N-])C(CO)O1. The summed E-state index contributed by atoms with van der Waals surface area (Å²) in [4.78, 5) is 15.1. The minimum Gasteiger partial charge on any atom is -0.394 e. The molecule has 1 aromatic rings. The van der Waals surface area contributed by atoms with E-state index in [0.717, 1.165) is 5.69 Å². The van der Waals surface area contributed by atoms with Gasteiger partial charge in [0, 0.05) is 25.4 Å². The summed E-state index contributed by atoms with van der Waals surface area (Å²) in [5, 5.41) is 16.3. The second-order valence-corrected chi connectivity index (χ2v) is 5.62. The van der Waals surface area contributed by atoms with Crippen molar-refractivity contribution in [1.29, 1.82) is 0 Å². The average molecular weight is 321 g/mol. The van der Waals surface area contributed by atoms with Gasteiger partial charge in [-0.25, -0.2) is 0 Å². The van der Waals surface area contributed by atoms with Crippen LogP contribution in [-0.2, 0) is 4.74 Å². The van der Waals surface area contributed by atoms with Gasteiger partial charge in [0.1, 0.15) is 11.9 Å². The number of hydrogen-bond donors (Lipinski definition) is 3. The van der Waals surface area contributed by atoms with Crippen LogP contribution in [0.25, 0.3) is 10.4 Å². The molecule has 0 radical (unpaired) electrons. The van der Waals surface area contributed by atoms with Crippen LogP contribution in [0.3, 0.4) is 0 Å². The van der Waals surface area contributed by atoms with Crippen molar-refractivity contribution in [3.8, 4) is 0 Å². The van der Waals surface area contributed by atoms with E-state index in [-0.39, 0.29) is 18.8 Å². The average Bonchev–Trinajstić information content (AvgIpc) is 3.10. The fraction of sp³-hybridized carbons (Fsp3) is 0.667. The fourth-order valence-electron chi connectivity index (χ4n) is 2.88. The standard InChI is InChI=1S/C12H19N9O2/c1-20(2)10-9-11(17-12(13)16-10)21(5-15-9)8-3-6(18-19-14)7(4-22)23-8/h6-8,15,22H,3-5H2,1-2H3,(H2,13,16,17). The van der Waals surface area contributed by atoms with Gasteiger partial charge in [0.05, 0.1) is 25.4 Å². The van der Waals surface area contributed by atoms with Crippen LogP contribution in [0.4, 0.5) is 23.3 Å². The van der Waals surface area contributed by atoms with Gasteiger partial charge in [0.15, 0.2) is 11.6 Å². The van der Waals surface area contributed by atoms with E-state index in [9.17, 15) is 5.11 Å². The first kappa shape index (κ1) is 15.4. The van der Waals surface area contributed by atoms with Gasteiger partial charge in [-0.05, 0) is 5.53 Å². The van der Waals surface area contributed by atoms with E-state index < -0.39 is 12.1 Å². The molecule has 4 N–H and O–H groups in total. The van der Waals surface area contributed by atoms with Gasteiger partial charge in [0.25, 0.3) is 0 Å². The van der Waals surface area contributed by atoms with Crippen LogP contribution in [0.1, 0.15) is 6.42 Å². The van der Waals surface area contributed by atoms with Gasteiger partial charge in [-0.3, -0.25) is 0 Å². The molecule has 23 heavy (non-hydrogen) atoms. The summed E-state index contributed by atoms with van der Waals surface area (Å²) in [6.07, 6.45) is -0.411. The van der Waals surface area contributed by atoms with Crippen LogP contribution in [0.15, 0.2) is 5.11 Å². The predicted molar refractivity (Wildman–Crippen MR) is 85.0 cm³/mol. The summed E-state index contributed by atoms with van der Waals surface area (Å²) < 4.78 is 5.81. The molecule has 0 bridgehead atoms. The lowest BCUT2D eigenvalue weighted by atomic mass is 10.1. The molecule has 2 aliphatic rings. The smallest absolute Gasteiger partial charge is 0.224 e. The molecule has 3 atom stereocenters. The third kappa shape index (κ3) is 2.65. The topological polar surface area (TPSA) is 149 Å². The number of nitrogen functional groups attached to an aromatic ring is 1. The van der Waals surface area contributed by atoms with E-state index in [0.29, 0.717) is 24.7 Å². The molecular weight excluding hydrogens is 302 g/mol. The maximum absolute atomic E-state index is 9.39. The summed E-state index contributed by atoms with van der Waals surface area (Å²) in [5.41, 5.74) is 15.2. The maximum atomic E-state index is 9.39. The molecule has 3 heterocycles. The highest BCUT2D eigenvalue weighted by molar-refractivity contribution is 5.83. The van der Waals surface area contributed by atoms with E-state index in [4.69, 9.17) is 16.0 Å². The van der Waals surface area contributed by atoms with Gasteiger partial charge in [-0.1, -0.05) is 5.11 Å². The van der Waals surface area contributed by atoms with Crippen LogP contribution in [-0.4, -0.2) is 60.8 Å². The van der Waals surface area contributed by atoms with Crippen LogP contribution < -0.4 is 20.9 Å². The number of azide groups is 1. The highest BCUT2D eigenvalue weighted by atomic mass is 16.5. The van der Waals surface area contributed by atoms with Gasteiger partial charge in [-0.15, -0.1) is 0 Å². The Kier molecular flexibility index (Phi) is 3.99. The van der Waals surface area contributed by atoms with E-state index >= 15 is 0 Å². The van der Waals surface area contributed by atoms with Crippen molar-refractivity contribution in [2.75, 3.05) is 48.2 Å². The normalized spacial score (nSPS) is 25.7. The minimum absolute atomic E-state index is 0.171. The van der Waals surface area contributed by atoms with E-state index in [1.807, 2.05) is 23.9 Å². The molecular formula is C12H19N9O2. The maximum Gasteiger partial charge on any atom is 0.224 e. The number of fused-ring (bicyclic) bond motifs is 1. The third-order valence-electron chi connectivity index (χ3n) is 3.94. The highest BCUT2D eigenvalue weighted by Crippen LogP contribution is 2.40. The Hall–Kier alpha value is -2.49. The Balaban J connectivity index is 1.90.